The maximum atomic E-state index is 8.00. The van der Waals surface area contributed by atoms with E-state index in [9.17, 15) is 0 Å². The molecule has 1 unspecified atom stereocenters. The number of aromatic nitrogens is 2. The molecule has 19 heavy (non-hydrogen) atoms. The number of methoxy groups -OCH3 is 1. The van der Waals surface area contributed by atoms with Gasteiger partial charge in [0.05, 0.1) is 24.5 Å². The summed E-state index contributed by atoms with van der Waals surface area (Å²) in [7, 11) is 1.71. The zero-order valence-electron chi connectivity index (χ0n) is 12.1. The number of hydrogen-bond acceptors (Lipinski definition) is 4. The van der Waals surface area contributed by atoms with Gasteiger partial charge in [0.2, 0.25) is 0 Å². The predicted molar refractivity (Wildman–Crippen MR) is 77.2 cm³/mol. The molecule has 0 spiro atoms. The molecule has 1 aliphatic heterocycles. The van der Waals surface area contributed by atoms with Crippen LogP contribution in [0.4, 0.5) is 0 Å². The molecule has 2 N–H and O–H groups in total. The topological polar surface area (TPSA) is 49.9 Å². The van der Waals surface area contributed by atoms with Crippen LogP contribution < -0.4 is 5.31 Å². The van der Waals surface area contributed by atoms with E-state index in [1.807, 2.05) is 6.20 Å². The highest BCUT2D eigenvalue weighted by molar-refractivity contribution is 7.10. The Labute approximate surface area is 118 Å². The monoisotopic (exact) mass is 278 g/mol. The maximum absolute atomic E-state index is 8.00. The van der Waals surface area contributed by atoms with Crippen molar-refractivity contribution in [3.63, 3.8) is 0 Å². The molecule has 1 fully saturated rings. The van der Waals surface area contributed by atoms with Crippen LogP contribution in [-0.2, 0) is 11.3 Å². The first-order chi connectivity index (χ1) is 9.78. The fraction of sp³-hybridized carbons (Fsp3) is 0.500. The lowest BCUT2D eigenvalue weighted by molar-refractivity contribution is 0.187. The van der Waals surface area contributed by atoms with Crippen LogP contribution >= 0.6 is 11.3 Å². The fourth-order valence-corrected chi connectivity index (χ4v) is 3.26. The third-order valence-corrected chi connectivity index (χ3v) is 4.31. The minimum atomic E-state index is 0.106. The second kappa shape index (κ2) is 5.86. The van der Waals surface area contributed by atoms with Crippen LogP contribution in [0, 0.1) is 0 Å². The molecule has 5 heteroatoms. The number of hydrogen-bond donors (Lipinski definition) is 2. The van der Waals surface area contributed by atoms with E-state index in [4.69, 9.17) is 6.15 Å². The molecule has 0 radical (unpaired) electrons. The summed E-state index contributed by atoms with van der Waals surface area (Å²) < 4.78 is 13.1. The van der Waals surface area contributed by atoms with Crippen molar-refractivity contribution < 1.29 is 6.15 Å². The van der Waals surface area contributed by atoms with E-state index in [-0.39, 0.29) is 6.04 Å². The Morgan fingerprint density at radius 3 is 3.37 bits per heavy atom. The first-order valence-electron chi connectivity index (χ1n) is 7.10. The van der Waals surface area contributed by atoms with Gasteiger partial charge in [-0.05, 0) is 25.5 Å². The van der Waals surface area contributed by atoms with Gasteiger partial charge in [0, 0.05) is 22.9 Å². The third-order valence-electron chi connectivity index (χ3n) is 3.40. The molecule has 1 aliphatic rings. The normalized spacial score (nSPS) is 21.5. The number of nitrogens with one attached hydrogen (secondary N) is 2. The number of ether oxygens (including phenoxy) is 1. The molecule has 2 aromatic heterocycles. The van der Waals surface area contributed by atoms with Gasteiger partial charge < -0.3 is 15.0 Å². The lowest BCUT2D eigenvalue weighted by atomic mass is 10.0. The van der Waals surface area contributed by atoms with Crippen LogP contribution in [0.3, 0.4) is 0 Å². The van der Waals surface area contributed by atoms with E-state index < -0.39 is 0 Å². The van der Waals surface area contributed by atoms with Gasteiger partial charge in [-0.15, -0.1) is 11.3 Å². The Balaban J connectivity index is 1.78. The molecule has 0 amide bonds. The molecule has 3 heterocycles. The summed E-state index contributed by atoms with van der Waals surface area (Å²) >= 11 is 1.69. The number of aromatic amines is 1. The van der Waals surface area contributed by atoms with E-state index >= 15 is 0 Å². The molecular formula is C14H19N3OS. The van der Waals surface area contributed by atoms with Gasteiger partial charge >= 0.3 is 0 Å². The number of thiophene rings is 1. The largest absolute Gasteiger partial charge is 0.379 e. The van der Waals surface area contributed by atoms with Crippen LogP contribution in [0.15, 0.2) is 17.6 Å². The highest BCUT2D eigenvalue weighted by Gasteiger charge is 2.18. The van der Waals surface area contributed by atoms with Gasteiger partial charge in [-0.25, -0.2) is 4.98 Å². The fourth-order valence-electron chi connectivity index (χ4n) is 2.40. The molecule has 102 valence electrons. The Bertz CT molecular complexity index is 568. The molecule has 0 saturated carbocycles. The maximum Gasteiger partial charge on any atom is 0.123 e. The summed E-state index contributed by atoms with van der Waals surface area (Å²) in [5.74, 6) is 0.911. The van der Waals surface area contributed by atoms with Crippen LogP contribution in [-0.4, -0.2) is 23.6 Å². The molecule has 0 aromatic carbocycles. The van der Waals surface area contributed by atoms with Crippen LogP contribution in [0.1, 0.15) is 36.0 Å². The van der Waals surface area contributed by atoms with Gasteiger partial charge in [-0.1, -0.05) is 6.42 Å². The molecular weight excluding hydrogens is 258 g/mol. The summed E-state index contributed by atoms with van der Waals surface area (Å²) in [5, 5.41) is 3.76. The van der Waals surface area contributed by atoms with E-state index in [1.54, 1.807) is 23.8 Å². The average molecular weight is 278 g/mol. The molecule has 0 bridgehead atoms. The van der Waals surface area contributed by atoms with Crippen LogP contribution in [0.2, 0.25) is 1.41 Å². The van der Waals surface area contributed by atoms with Gasteiger partial charge in [0.1, 0.15) is 7.24 Å². The number of piperidine rings is 1. The Kier molecular flexibility index (Phi) is 3.59. The summed E-state index contributed by atoms with van der Waals surface area (Å²) in [6, 6.07) is 2.24. The van der Waals surface area contributed by atoms with Crippen molar-refractivity contribution in [2.75, 3.05) is 13.7 Å². The Hall–Kier alpha value is -1.17. The van der Waals surface area contributed by atoms with Crippen LogP contribution in [0.25, 0.3) is 11.3 Å². The first kappa shape index (κ1) is 11.6. The first-order valence-corrected chi connectivity index (χ1v) is 7.53. The molecule has 0 aliphatic carbocycles. The standard InChI is InChI=1S/C14H19N3OS/c1-18-8-11-6-10(9-19-11)13-7-16-14(17-13)12-4-2-3-5-15-12/h6-7,9,12,15H,2-5,8H2,1H3,(H,16,17)/i/hD. The van der Waals surface area contributed by atoms with E-state index in [1.165, 1.54) is 11.3 Å². The lowest BCUT2D eigenvalue weighted by Crippen LogP contribution is -2.27. The Morgan fingerprint density at radius 2 is 2.53 bits per heavy atom. The second-order valence-electron chi connectivity index (χ2n) is 4.83. The second-order valence-corrected chi connectivity index (χ2v) is 5.83. The minimum Gasteiger partial charge on any atom is -0.379 e. The quantitative estimate of drug-likeness (QED) is 0.903. The number of nitrogens with zero attached hydrogens (tertiary/aromatic N) is 1. The summed E-state index contributed by atoms with van der Waals surface area (Å²) in [5.41, 5.74) is 2.17. The molecule has 1 saturated heterocycles. The van der Waals surface area contributed by atoms with Gasteiger partial charge in [0.25, 0.3) is 0 Å². The van der Waals surface area contributed by atoms with Crippen molar-refractivity contribution in [1.82, 2.24) is 15.3 Å². The van der Waals surface area contributed by atoms with Gasteiger partial charge in [-0.2, -0.15) is 0 Å². The van der Waals surface area contributed by atoms with E-state index in [0.29, 0.717) is 6.61 Å². The van der Waals surface area contributed by atoms with E-state index in [2.05, 4.69) is 21.4 Å². The smallest absolute Gasteiger partial charge is 0.123 e. The van der Waals surface area contributed by atoms with Crippen molar-refractivity contribution in [3.05, 3.63) is 28.3 Å². The average Bonchev–Trinajstić information content (AvgIpc) is 3.08. The molecule has 2 aromatic rings. The van der Waals surface area contributed by atoms with Crippen LogP contribution in [0.5, 0.6) is 0 Å². The Morgan fingerprint density at radius 1 is 1.58 bits per heavy atom. The summed E-state index contributed by atoms with van der Waals surface area (Å²) in [6.07, 6.45) is 5.16. The molecule has 4 nitrogen and oxygen atoms in total. The van der Waals surface area contributed by atoms with Gasteiger partial charge in [-0.3, -0.25) is 0 Å². The SMILES string of the molecule is [2H]N1CCCCC1c1ncc(-c2csc(COC)c2)[nH]1. The van der Waals surface area contributed by atoms with Crippen molar-refractivity contribution >= 4 is 11.3 Å². The number of rotatable bonds is 4. The molecule has 3 rings (SSSR count). The van der Waals surface area contributed by atoms with Crippen molar-refractivity contribution in [3.8, 4) is 11.3 Å². The highest BCUT2D eigenvalue weighted by Crippen LogP contribution is 2.27. The molecule has 1 atom stereocenters. The van der Waals surface area contributed by atoms with Crippen molar-refractivity contribution in [1.29, 1.82) is 0 Å². The zero-order valence-corrected chi connectivity index (χ0v) is 11.9. The van der Waals surface area contributed by atoms with E-state index in [0.717, 1.165) is 36.5 Å². The minimum absolute atomic E-state index is 0.106. The summed E-state index contributed by atoms with van der Waals surface area (Å²) in [6.45, 7) is 1.48. The lowest BCUT2D eigenvalue weighted by Gasteiger charge is -2.21. The number of imidazole rings is 1. The number of H-pyrrole nitrogens is 1. The summed E-state index contributed by atoms with van der Waals surface area (Å²) in [4.78, 5) is 9.06. The third kappa shape index (κ3) is 2.88. The predicted octanol–water partition coefficient (Wildman–Crippen LogP) is 3.10. The zero-order chi connectivity index (χ0) is 13.9. The highest BCUT2D eigenvalue weighted by atomic mass is 32.1. The van der Waals surface area contributed by atoms with Crippen molar-refractivity contribution in [2.24, 2.45) is 0 Å². The van der Waals surface area contributed by atoms with Gasteiger partial charge in [0.15, 0.2) is 0 Å². The van der Waals surface area contributed by atoms with Crippen molar-refractivity contribution in [2.45, 2.75) is 31.9 Å².